The fraction of sp³-hybridized carbons (Fsp3) is 0.600. The Hall–Kier alpha value is -2.14. The second-order valence-corrected chi connectivity index (χ2v) is 8.91. The van der Waals surface area contributed by atoms with Crippen LogP contribution in [0.3, 0.4) is 0 Å². The molecule has 1 aliphatic carbocycles. The molecule has 0 radical (unpaired) electrons. The number of amides is 2. The summed E-state index contributed by atoms with van der Waals surface area (Å²) >= 11 is 0. The number of hydrogen-bond donors (Lipinski definition) is 1. The highest BCUT2D eigenvalue weighted by Crippen LogP contribution is 2.35. The van der Waals surface area contributed by atoms with Gasteiger partial charge in [0.2, 0.25) is 11.8 Å². The fourth-order valence-electron chi connectivity index (χ4n) is 4.33. The second-order valence-electron chi connectivity index (χ2n) is 8.91. The Morgan fingerprint density at radius 2 is 1.90 bits per heavy atom. The van der Waals surface area contributed by atoms with Crippen molar-refractivity contribution in [2.75, 3.05) is 26.7 Å². The Labute approximate surface area is 181 Å². The number of carbonyl (C=O) groups excluding carboxylic acids is 2. The van der Waals surface area contributed by atoms with Gasteiger partial charge in [0.05, 0.1) is 0 Å². The molecule has 30 heavy (non-hydrogen) atoms. The summed E-state index contributed by atoms with van der Waals surface area (Å²) in [6, 6.07) is 11.0. The lowest BCUT2D eigenvalue weighted by Gasteiger charge is -2.31. The van der Waals surface area contributed by atoms with E-state index >= 15 is 0 Å². The van der Waals surface area contributed by atoms with Gasteiger partial charge in [-0.1, -0.05) is 36.4 Å². The van der Waals surface area contributed by atoms with Crippen LogP contribution in [0.4, 0.5) is 0 Å². The van der Waals surface area contributed by atoms with E-state index in [1.54, 1.807) is 6.08 Å². The Morgan fingerprint density at radius 1 is 1.17 bits per heavy atom. The van der Waals surface area contributed by atoms with Gasteiger partial charge in [-0.25, -0.2) is 0 Å². The van der Waals surface area contributed by atoms with Crippen LogP contribution in [0.25, 0.3) is 0 Å². The van der Waals surface area contributed by atoms with Crippen LogP contribution in [-0.2, 0) is 16.0 Å². The minimum Gasteiger partial charge on any atom is -0.355 e. The van der Waals surface area contributed by atoms with Crippen molar-refractivity contribution < 1.29 is 9.59 Å². The van der Waals surface area contributed by atoms with Gasteiger partial charge >= 0.3 is 0 Å². The molecule has 1 heterocycles. The van der Waals surface area contributed by atoms with E-state index in [0.29, 0.717) is 37.9 Å². The molecule has 2 aliphatic rings. The van der Waals surface area contributed by atoms with Gasteiger partial charge < -0.3 is 10.2 Å². The van der Waals surface area contributed by atoms with E-state index in [0.717, 1.165) is 38.3 Å². The normalized spacial score (nSPS) is 21.4. The topological polar surface area (TPSA) is 52.7 Å². The summed E-state index contributed by atoms with van der Waals surface area (Å²) in [4.78, 5) is 29.3. The van der Waals surface area contributed by atoms with Gasteiger partial charge in [-0.15, -0.1) is 6.58 Å². The molecule has 1 aromatic carbocycles. The quantitative estimate of drug-likeness (QED) is 0.536. The average Bonchev–Trinajstić information content (AvgIpc) is 3.51. The molecular formula is C25H37N3O2. The van der Waals surface area contributed by atoms with Gasteiger partial charge in [-0.2, -0.15) is 0 Å². The van der Waals surface area contributed by atoms with E-state index < -0.39 is 0 Å². The van der Waals surface area contributed by atoms with Crippen LogP contribution >= 0.6 is 0 Å². The van der Waals surface area contributed by atoms with E-state index in [2.05, 4.69) is 28.9 Å². The molecule has 2 amide bonds. The first-order valence-electron chi connectivity index (χ1n) is 11.5. The molecule has 2 atom stereocenters. The summed E-state index contributed by atoms with van der Waals surface area (Å²) in [6.07, 6.45) is 9.17. The van der Waals surface area contributed by atoms with E-state index in [1.165, 1.54) is 18.4 Å². The van der Waals surface area contributed by atoms with Crippen LogP contribution in [0.2, 0.25) is 0 Å². The van der Waals surface area contributed by atoms with Crippen molar-refractivity contribution in [1.82, 2.24) is 15.1 Å². The van der Waals surface area contributed by atoms with E-state index in [4.69, 9.17) is 0 Å². The molecule has 3 rings (SSSR count). The van der Waals surface area contributed by atoms with E-state index in [-0.39, 0.29) is 11.8 Å². The zero-order valence-electron chi connectivity index (χ0n) is 18.4. The molecule has 0 aromatic heterocycles. The monoisotopic (exact) mass is 411 g/mol. The standard InChI is InChI=1S/C25H37N3O2/c1-3-4-10-24(29)26-18-23-14-13-22(28(23)19-21-11-12-21)17-25(30)27(2)16-15-20-8-6-5-7-9-20/h3,5-9,21-23H,1,4,10-19H2,2H3,(H,26,29)/t22-,23+/m1/s1. The highest BCUT2D eigenvalue weighted by molar-refractivity contribution is 5.77. The zero-order valence-corrected chi connectivity index (χ0v) is 18.4. The zero-order chi connectivity index (χ0) is 21.3. The maximum Gasteiger partial charge on any atom is 0.223 e. The van der Waals surface area contributed by atoms with Gasteiger partial charge in [0.1, 0.15) is 0 Å². The molecule has 1 aromatic rings. The first-order valence-corrected chi connectivity index (χ1v) is 11.5. The average molecular weight is 412 g/mol. The minimum absolute atomic E-state index is 0.0986. The van der Waals surface area contributed by atoms with Gasteiger partial charge in [-0.3, -0.25) is 14.5 Å². The highest BCUT2D eigenvalue weighted by atomic mass is 16.2. The summed E-state index contributed by atoms with van der Waals surface area (Å²) in [6.45, 7) is 6.19. The second kappa shape index (κ2) is 11.3. The number of nitrogens with one attached hydrogen (secondary N) is 1. The van der Waals surface area contributed by atoms with E-state index in [1.807, 2.05) is 30.1 Å². The third-order valence-corrected chi connectivity index (χ3v) is 6.46. The molecule has 2 fully saturated rings. The lowest BCUT2D eigenvalue weighted by Crippen LogP contribution is -2.45. The molecule has 5 heteroatoms. The number of allylic oxidation sites excluding steroid dienone is 1. The maximum atomic E-state index is 12.9. The summed E-state index contributed by atoms with van der Waals surface area (Å²) in [5, 5.41) is 3.09. The van der Waals surface area contributed by atoms with Crippen LogP contribution in [0.5, 0.6) is 0 Å². The Bertz CT molecular complexity index is 702. The smallest absolute Gasteiger partial charge is 0.223 e. The predicted molar refractivity (Wildman–Crippen MR) is 121 cm³/mol. The third-order valence-electron chi connectivity index (χ3n) is 6.46. The molecule has 0 bridgehead atoms. The number of nitrogens with zero attached hydrogens (tertiary/aromatic N) is 2. The largest absolute Gasteiger partial charge is 0.355 e. The van der Waals surface area contributed by atoms with Crippen molar-refractivity contribution >= 4 is 11.8 Å². The van der Waals surface area contributed by atoms with Crippen molar-refractivity contribution in [2.24, 2.45) is 5.92 Å². The van der Waals surface area contributed by atoms with E-state index in [9.17, 15) is 9.59 Å². The number of rotatable bonds is 12. The minimum atomic E-state index is 0.0986. The number of likely N-dealkylation sites (tertiary alicyclic amines) is 1. The number of benzene rings is 1. The summed E-state index contributed by atoms with van der Waals surface area (Å²) in [5.41, 5.74) is 1.26. The van der Waals surface area contributed by atoms with Crippen molar-refractivity contribution in [3.05, 3.63) is 48.6 Å². The first kappa shape index (κ1) is 22.5. The van der Waals surface area contributed by atoms with Crippen molar-refractivity contribution in [2.45, 2.75) is 63.5 Å². The summed E-state index contributed by atoms with van der Waals surface area (Å²) < 4.78 is 0. The lowest BCUT2D eigenvalue weighted by atomic mass is 10.1. The molecule has 1 saturated carbocycles. The molecule has 1 N–H and O–H groups in total. The van der Waals surface area contributed by atoms with Gasteiger partial charge in [0.15, 0.2) is 0 Å². The lowest BCUT2D eigenvalue weighted by molar-refractivity contribution is -0.131. The highest BCUT2D eigenvalue weighted by Gasteiger charge is 2.38. The van der Waals surface area contributed by atoms with Crippen molar-refractivity contribution in [1.29, 1.82) is 0 Å². The predicted octanol–water partition coefficient (Wildman–Crippen LogP) is 3.40. The third kappa shape index (κ3) is 6.98. The number of hydrogen-bond acceptors (Lipinski definition) is 3. The molecule has 0 spiro atoms. The summed E-state index contributed by atoms with van der Waals surface area (Å²) in [7, 11) is 1.92. The Kier molecular flexibility index (Phi) is 8.50. The number of carbonyl (C=O) groups is 2. The molecular weight excluding hydrogens is 374 g/mol. The Morgan fingerprint density at radius 3 is 2.60 bits per heavy atom. The Balaban J connectivity index is 1.48. The molecule has 0 unspecified atom stereocenters. The fourth-order valence-corrected chi connectivity index (χ4v) is 4.33. The molecule has 1 saturated heterocycles. The van der Waals surface area contributed by atoms with Gasteiger partial charge in [0.25, 0.3) is 0 Å². The molecule has 5 nitrogen and oxygen atoms in total. The van der Waals surface area contributed by atoms with Crippen molar-refractivity contribution in [3.8, 4) is 0 Å². The van der Waals surface area contributed by atoms with Crippen LogP contribution in [0.15, 0.2) is 43.0 Å². The summed E-state index contributed by atoms with van der Waals surface area (Å²) in [5.74, 6) is 1.10. The van der Waals surface area contributed by atoms with Crippen LogP contribution in [-0.4, -0.2) is 60.4 Å². The molecule has 1 aliphatic heterocycles. The van der Waals surface area contributed by atoms with Crippen LogP contribution in [0.1, 0.15) is 50.5 Å². The van der Waals surface area contributed by atoms with Crippen molar-refractivity contribution in [3.63, 3.8) is 0 Å². The maximum absolute atomic E-state index is 12.9. The van der Waals surface area contributed by atoms with Crippen LogP contribution < -0.4 is 5.32 Å². The van der Waals surface area contributed by atoms with Gasteiger partial charge in [-0.05, 0) is 50.0 Å². The SMILES string of the molecule is C=CCCC(=O)NC[C@@H]1CC[C@H](CC(=O)N(C)CCc2ccccc2)N1CC1CC1. The first-order chi connectivity index (χ1) is 14.6. The van der Waals surface area contributed by atoms with Crippen LogP contribution in [0, 0.1) is 5.92 Å². The van der Waals surface area contributed by atoms with Gasteiger partial charge in [0, 0.05) is 51.6 Å². The molecule has 164 valence electrons. The number of likely N-dealkylation sites (N-methyl/N-ethyl adjacent to an activating group) is 1.